The molecule has 0 saturated heterocycles. The summed E-state index contributed by atoms with van der Waals surface area (Å²) in [5.74, 6) is -1.40. The van der Waals surface area contributed by atoms with Crippen LogP contribution in [0.2, 0.25) is 0 Å². The number of nitrogens with one attached hydrogen (secondary N) is 2. The first kappa shape index (κ1) is 21.9. The summed E-state index contributed by atoms with van der Waals surface area (Å²) in [4.78, 5) is 23.5. The molecule has 3 N–H and O–H groups in total. The second-order valence-electron chi connectivity index (χ2n) is 7.36. The second kappa shape index (κ2) is 8.72. The Bertz CT molecular complexity index is 917. The van der Waals surface area contributed by atoms with E-state index in [0.717, 1.165) is 11.3 Å². The zero-order valence-corrected chi connectivity index (χ0v) is 17.5. The van der Waals surface area contributed by atoms with Gasteiger partial charge in [0, 0.05) is 11.3 Å². The number of carboxylic acids is 1. The highest BCUT2D eigenvalue weighted by atomic mass is 32.2. The predicted octanol–water partition coefficient (Wildman–Crippen LogP) is 1.83. The highest BCUT2D eigenvalue weighted by Gasteiger charge is 2.23. The Balaban J connectivity index is 2.07. The molecule has 2 rings (SSSR count). The number of likely N-dealkylation sites (N-methyl/N-ethyl adjacent to an activating group) is 1. The lowest BCUT2D eigenvalue weighted by atomic mass is 10.1. The van der Waals surface area contributed by atoms with Crippen LogP contribution in [0.5, 0.6) is 0 Å². The summed E-state index contributed by atoms with van der Waals surface area (Å²) in [6, 6.07) is 8.60. The van der Waals surface area contributed by atoms with Gasteiger partial charge in [-0.2, -0.15) is 0 Å². The Labute approximate surface area is 168 Å². The number of rotatable bonds is 9. The van der Waals surface area contributed by atoms with Crippen molar-refractivity contribution in [2.24, 2.45) is 0 Å². The van der Waals surface area contributed by atoms with E-state index in [1.165, 1.54) is 30.3 Å². The number of anilines is 1. The number of quaternary nitrogens is 1. The fourth-order valence-electron chi connectivity index (χ4n) is 2.61. The molecule has 1 heterocycles. The molecule has 0 saturated carbocycles. The zero-order chi connectivity index (χ0) is 20.9. The van der Waals surface area contributed by atoms with Crippen LogP contribution in [0.4, 0.5) is 5.69 Å². The monoisotopic (exact) mass is 426 g/mol. The number of carbonyl (C=O) groups excluding carboxylic acids is 1. The SMILES string of the molecule is C[N+](C)(C)C[C@@H](CC(=O)O)NC(=O)c1ccc(NS(=O)(=O)c2cccs2)cc1. The van der Waals surface area contributed by atoms with E-state index in [0.29, 0.717) is 22.3 Å². The van der Waals surface area contributed by atoms with Crippen molar-refractivity contribution in [3.63, 3.8) is 0 Å². The van der Waals surface area contributed by atoms with Gasteiger partial charge in [0.05, 0.1) is 40.2 Å². The number of amides is 1. The molecule has 0 fully saturated rings. The first-order valence-corrected chi connectivity index (χ1v) is 10.8. The van der Waals surface area contributed by atoms with Gasteiger partial charge in [-0.05, 0) is 35.7 Å². The topological polar surface area (TPSA) is 113 Å². The molecule has 0 bridgehead atoms. The summed E-state index contributed by atoms with van der Waals surface area (Å²) in [7, 11) is 2.08. The molecule has 2 aromatic rings. The van der Waals surface area contributed by atoms with Crippen LogP contribution < -0.4 is 10.0 Å². The van der Waals surface area contributed by atoms with Crippen LogP contribution in [0.1, 0.15) is 16.8 Å². The molecule has 0 aliphatic carbocycles. The molecular weight excluding hydrogens is 402 g/mol. The van der Waals surface area contributed by atoms with Gasteiger partial charge < -0.3 is 14.9 Å². The fraction of sp³-hybridized carbons (Fsp3) is 0.333. The summed E-state index contributed by atoms with van der Waals surface area (Å²) in [5, 5.41) is 13.5. The van der Waals surface area contributed by atoms with Gasteiger partial charge in [-0.25, -0.2) is 8.42 Å². The molecular formula is C18H24N3O5S2+. The van der Waals surface area contributed by atoms with Crippen molar-refractivity contribution in [1.82, 2.24) is 5.32 Å². The molecule has 0 aliphatic rings. The van der Waals surface area contributed by atoms with Gasteiger partial charge in [-0.3, -0.25) is 14.3 Å². The van der Waals surface area contributed by atoms with Gasteiger partial charge in [0.25, 0.3) is 15.9 Å². The number of sulfonamides is 1. The van der Waals surface area contributed by atoms with Crippen molar-refractivity contribution >= 4 is 38.9 Å². The van der Waals surface area contributed by atoms with E-state index in [1.807, 2.05) is 21.1 Å². The number of carboxylic acid groups (broad SMARTS) is 1. The van der Waals surface area contributed by atoms with Crippen molar-refractivity contribution in [2.45, 2.75) is 16.7 Å². The van der Waals surface area contributed by atoms with E-state index < -0.39 is 27.9 Å². The Hall–Kier alpha value is -2.43. The Morgan fingerprint density at radius 3 is 2.29 bits per heavy atom. The third-order valence-corrected chi connectivity index (χ3v) is 6.46. The van der Waals surface area contributed by atoms with Crippen LogP contribution in [0.25, 0.3) is 0 Å². The first-order chi connectivity index (χ1) is 13.0. The largest absolute Gasteiger partial charge is 0.481 e. The van der Waals surface area contributed by atoms with Gasteiger partial charge in [0.15, 0.2) is 0 Å². The van der Waals surface area contributed by atoms with Gasteiger partial charge in [-0.15, -0.1) is 11.3 Å². The minimum atomic E-state index is -3.66. The Kier molecular flexibility index (Phi) is 6.81. The van der Waals surface area contributed by atoms with Crippen LogP contribution in [-0.2, 0) is 14.8 Å². The molecule has 0 aliphatic heterocycles. The van der Waals surface area contributed by atoms with Crippen molar-refractivity contribution in [3.05, 3.63) is 47.3 Å². The van der Waals surface area contributed by atoms with Crippen LogP contribution in [0.3, 0.4) is 0 Å². The average Bonchev–Trinajstić information content (AvgIpc) is 3.08. The number of nitrogens with zero attached hydrogens (tertiary/aromatic N) is 1. The highest BCUT2D eigenvalue weighted by Crippen LogP contribution is 2.20. The maximum Gasteiger partial charge on any atom is 0.305 e. The van der Waals surface area contributed by atoms with Crippen molar-refractivity contribution in [2.75, 3.05) is 32.4 Å². The minimum absolute atomic E-state index is 0.181. The number of thiophene rings is 1. The van der Waals surface area contributed by atoms with Crippen molar-refractivity contribution in [1.29, 1.82) is 0 Å². The summed E-state index contributed by atoms with van der Waals surface area (Å²) in [5.41, 5.74) is 0.647. The Morgan fingerprint density at radius 1 is 1.14 bits per heavy atom. The number of carbonyl (C=O) groups is 2. The molecule has 10 heteroatoms. The molecule has 1 aromatic carbocycles. The summed E-state index contributed by atoms with van der Waals surface area (Å²) in [6.07, 6.45) is -0.181. The van der Waals surface area contributed by atoms with Gasteiger partial charge in [-0.1, -0.05) is 6.07 Å². The predicted molar refractivity (Wildman–Crippen MR) is 108 cm³/mol. The van der Waals surface area contributed by atoms with Crippen molar-refractivity contribution in [3.8, 4) is 0 Å². The molecule has 152 valence electrons. The molecule has 0 spiro atoms. The van der Waals surface area contributed by atoms with E-state index in [-0.39, 0.29) is 10.6 Å². The minimum Gasteiger partial charge on any atom is -0.481 e. The molecule has 0 unspecified atom stereocenters. The Morgan fingerprint density at radius 2 is 1.79 bits per heavy atom. The lowest BCUT2D eigenvalue weighted by molar-refractivity contribution is -0.871. The van der Waals surface area contributed by atoms with E-state index in [1.54, 1.807) is 11.4 Å². The van der Waals surface area contributed by atoms with Crippen LogP contribution in [-0.4, -0.2) is 63.6 Å². The first-order valence-electron chi connectivity index (χ1n) is 8.46. The lowest BCUT2D eigenvalue weighted by Gasteiger charge is -2.29. The fourth-order valence-corrected chi connectivity index (χ4v) is 4.66. The normalized spacial score (nSPS) is 13.0. The zero-order valence-electron chi connectivity index (χ0n) is 15.9. The third kappa shape index (κ3) is 6.63. The lowest BCUT2D eigenvalue weighted by Crippen LogP contribution is -2.49. The van der Waals surface area contributed by atoms with E-state index in [9.17, 15) is 18.0 Å². The summed E-state index contributed by atoms with van der Waals surface area (Å²) >= 11 is 1.11. The molecule has 1 amide bonds. The number of hydrogen-bond donors (Lipinski definition) is 3. The van der Waals surface area contributed by atoms with E-state index in [4.69, 9.17) is 5.11 Å². The van der Waals surface area contributed by atoms with Crippen LogP contribution in [0, 0.1) is 0 Å². The van der Waals surface area contributed by atoms with Crippen molar-refractivity contribution < 1.29 is 27.6 Å². The molecule has 1 aromatic heterocycles. The molecule has 8 nitrogen and oxygen atoms in total. The maximum absolute atomic E-state index is 12.5. The number of benzene rings is 1. The summed E-state index contributed by atoms with van der Waals surface area (Å²) in [6.45, 7) is 0.455. The third-order valence-electron chi connectivity index (χ3n) is 3.68. The van der Waals surface area contributed by atoms with Gasteiger partial charge in [0.2, 0.25) is 0 Å². The molecule has 0 radical (unpaired) electrons. The standard InChI is InChI=1S/C18H23N3O5S2/c1-21(2,3)12-15(11-16(22)23)19-18(24)13-6-8-14(9-7-13)20-28(25,26)17-5-4-10-27-17/h4-10,15H,11-12H2,1-3H3,(H2-,19,20,22,23,24)/p+1/t15-/m1/s1. The maximum atomic E-state index is 12.5. The smallest absolute Gasteiger partial charge is 0.305 e. The van der Waals surface area contributed by atoms with E-state index in [2.05, 4.69) is 10.0 Å². The quantitative estimate of drug-likeness (QED) is 0.530. The van der Waals surface area contributed by atoms with Crippen LogP contribution in [0.15, 0.2) is 46.0 Å². The highest BCUT2D eigenvalue weighted by molar-refractivity contribution is 7.94. The van der Waals surface area contributed by atoms with Crippen LogP contribution >= 0.6 is 11.3 Å². The van der Waals surface area contributed by atoms with Gasteiger partial charge >= 0.3 is 5.97 Å². The number of aliphatic carboxylic acids is 1. The molecule has 1 atom stereocenters. The second-order valence-corrected chi connectivity index (χ2v) is 10.2. The molecule has 28 heavy (non-hydrogen) atoms. The van der Waals surface area contributed by atoms with Gasteiger partial charge in [0.1, 0.15) is 4.21 Å². The number of hydrogen-bond acceptors (Lipinski definition) is 5. The average molecular weight is 427 g/mol. The van der Waals surface area contributed by atoms with E-state index >= 15 is 0 Å². The summed E-state index contributed by atoms with van der Waals surface area (Å²) < 4.78 is 27.6.